The quantitative estimate of drug-likeness (QED) is 0.0261. The lowest BCUT2D eigenvalue weighted by Crippen LogP contribution is -2.60. The number of carbonyl (C=O) groups is 1. The van der Waals surface area contributed by atoms with E-state index in [0.717, 1.165) is 38.5 Å². The minimum atomic E-state index is -1.57. The van der Waals surface area contributed by atoms with Gasteiger partial charge >= 0.3 is 0 Å². The first-order valence-electron chi connectivity index (χ1n) is 34.7. The van der Waals surface area contributed by atoms with E-state index in [2.05, 4.69) is 43.5 Å². The van der Waals surface area contributed by atoms with Crippen molar-refractivity contribution in [2.24, 2.45) is 0 Å². The molecule has 0 aromatic carbocycles. The number of allylic oxidation sites excluding steroid dienone is 5. The van der Waals surface area contributed by atoms with Gasteiger partial charge in [-0.05, 0) is 57.8 Å². The van der Waals surface area contributed by atoms with Gasteiger partial charge in [0.25, 0.3) is 0 Å². The van der Waals surface area contributed by atoms with Gasteiger partial charge in [0.05, 0.1) is 25.4 Å². The highest BCUT2D eigenvalue weighted by molar-refractivity contribution is 5.76. The summed E-state index contributed by atoms with van der Waals surface area (Å²) in [5.74, 6) is -0.179. The number of amides is 1. The summed E-state index contributed by atoms with van der Waals surface area (Å²) >= 11 is 0. The molecule has 1 aliphatic rings. The van der Waals surface area contributed by atoms with Gasteiger partial charge in [-0.3, -0.25) is 4.79 Å². The highest BCUT2D eigenvalue weighted by Gasteiger charge is 2.44. The molecule has 0 aromatic heterocycles. The van der Waals surface area contributed by atoms with E-state index >= 15 is 0 Å². The average Bonchev–Trinajstić information content (AvgIpc) is 3.47. The van der Waals surface area contributed by atoms with E-state index in [4.69, 9.17) is 9.47 Å². The highest BCUT2D eigenvalue weighted by Crippen LogP contribution is 2.23. The average molecular weight is 1120 g/mol. The third kappa shape index (κ3) is 48.5. The van der Waals surface area contributed by atoms with Crippen molar-refractivity contribution >= 4 is 5.91 Å². The predicted octanol–water partition coefficient (Wildman–Crippen LogP) is 18.6. The van der Waals surface area contributed by atoms with Crippen LogP contribution in [0.15, 0.2) is 36.5 Å². The highest BCUT2D eigenvalue weighted by atomic mass is 16.7. The Kier molecular flexibility index (Phi) is 56.9. The van der Waals surface area contributed by atoms with Gasteiger partial charge in [0.15, 0.2) is 6.29 Å². The summed E-state index contributed by atoms with van der Waals surface area (Å²) in [5, 5.41) is 54.7. The molecule has 9 nitrogen and oxygen atoms in total. The molecule has 0 bridgehead atoms. The first kappa shape index (κ1) is 75.4. The molecule has 7 atom stereocenters. The largest absolute Gasteiger partial charge is 0.394 e. The van der Waals surface area contributed by atoms with E-state index in [-0.39, 0.29) is 12.5 Å². The summed E-state index contributed by atoms with van der Waals surface area (Å²) in [5.41, 5.74) is 0. The van der Waals surface area contributed by atoms with E-state index in [1.807, 2.05) is 6.08 Å². The van der Waals surface area contributed by atoms with Crippen LogP contribution in [-0.4, -0.2) is 87.5 Å². The summed E-state index contributed by atoms with van der Waals surface area (Å²) in [4.78, 5) is 13.1. The molecule has 1 rings (SSSR count). The van der Waals surface area contributed by atoms with Gasteiger partial charge in [-0.1, -0.05) is 320 Å². The molecule has 0 radical (unpaired) electrons. The number of unbranched alkanes of at least 4 members (excludes halogenated alkanes) is 47. The van der Waals surface area contributed by atoms with Crippen molar-refractivity contribution in [1.82, 2.24) is 5.32 Å². The lowest BCUT2D eigenvalue weighted by atomic mass is 9.99. The Labute approximate surface area is 489 Å². The third-order valence-electron chi connectivity index (χ3n) is 16.7. The molecule has 1 heterocycles. The molecule has 466 valence electrons. The molecule has 0 spiro atoms. The van der Waals surface area contributed by atoms with Gasteiger partial charge in [-0.25, -0.2) is 0 Å². The number of ether oxygens (including phenoxy) is 2. The summed E-state index contributed by atoms with van der Waals surface area (Å²) < 4.78 is 11.3. The molecule has 0 aromatic rings. The van der Waals surface area contributed by atoms with E-state index < -0.39 is 49.5 Å². The Bertz CT molecular complexity index is 1340. The Morgan fingerprint density at radius 2 is 0.722 bits per heavy atom. The van der Waals surface area contributed by atoms with Crippen molar-refractivity contribution in [3.05, 3.63) is 36.5 Å². The fourth-order valence-electron chi connectivity index (χ4n) is 11.2. The molecular formula is C70H133NO8. The molecule has 1 aliphatic heterocycles. The van der Waals surface area contributed by atoms with E-state index in [9.17, 15) is 30.3 Å². The zero-order valence-corrected chi connectivity index (χ0v) is 52.2. The zero-order valence-electron chi connectivity index (χ0n) is 52.2. The van der Waals surface area contributed by atoms with E-state index in [1.165, 1.54) is 289 Å². The molecule has 9 heteroatoms. The number of nitrogens with one attached hydrogen (secondary N) is 1. The van der Waals surface area contributed by atoms with Crippen LogP contribution >= 0.6 is 0 Å². The minimum absolute atomic E-state index is 0.179. The number of aliphatic hydroxyl groups excluding tert-OH is 5. The van der Waals surface area contributed by atoms with Gasteiger partial charge in [0, 0.05) is 6.42 Å². The summed E-state index contributed by atoms with van der Waals surface area (Å²) in [6.45, 7) is 3.81. The maximum atomic E-state index is 13.1. The van der Waals surface area contributed by atoms with Gasteiger partial charge in [0.2, 0.25) is 5.91 Å². The number of carbonyl (C=O) groups excluding carboxylic acids is 1. The van der Waals surface area contributed by atoms with Crippen molar-refractivity contribution in [2.45, 2.75) is 391 Å². The summed E-state index contributed by atoms with van der Waals surface area (Å²) in [6, 6.07) is -0.821. The van der Waals surface area contributed by atoms with Gasteiger partial charge in [-0.15, -0.1) is 0 Å². The number of hydrogen-bond donors (Lipinski definition) is 6. The van der Waals surface area contributed by atoms with Crippen LogP contribution in [0.2, 0.25) is 0 Å². The van der Waals surface area contributed by atoms with Crippen LogP contribution in [0.25, 0.3) is 0 Å². The Balaban J connectivity index is 2.12. The second-order valence-electron chi connectivity index (χ2n) is 24.3. The predicted molar refractivity (Wildman–Crippen MR) is 337 cm³/mol. The molecule has 0 aliphatic carbocycles. The maximum absolute atomic E-state index is 13.1. The van der Waals surface area contributed by atoms with E-state index in [1.54, 1.807) is 6.08 Å². The number of rotatable bonds is 61. The zero-order chi connectivity index (χ0) is 57.2. The SMILES string of the molecule is CCCCCCCCCC/C=C\CCCCCCCCCCCCCCCCCCCCCCCC(=O)NC(COC1OC(CO)C(O)C(O)C1O)C(O)/C=C/CC/C=C/CCCCCCCCCCCCCCCCCCC. The normalized spacial score (nSPS) is 18.7. The molecule has 6 N–H and O–H groups in total. The van der Waals surface area contributed by atoms with Crippen LogP contribution in [0, 0.1) is 0 Å². The topological polar surface area (TPSA) is 149 Å². The van der Waals surface area contributed by atoms with Crippen molar-refractivity contribution in [2.75, 3.05) is 13.2 Å². The van der Waals surface area contributed by atoms with Crippen LogP contribution in [-0.2, 0) is 14.3 Å². The minimum Gasteiger partial charge on any atom is -0.394 e. The van der Waals surface area contributed by atoms with E-state index in [0.29, 0.717) is 6.42 Å². The number of hydrogen-bond acceptors (Lipinski definition) is 8. The van der Waals surface area contributed by atoms with Crippen molar-refractivity contribution < 1.29 is 39.8 Å². The summed E-state index contributed by atoms with van der Waals surface area (Å²) in [6.07, 6.45) is 72.6. The third-order valence-corrected chi connectivity index (χ3v) is 16.7. The standard InChI is InChI=1S/C70H133NO8/c1-3-5-7-9-11-13-15-17-19-21-23-25-27-28-29-30-31-32-33-34-35-36-38-40-42-44-46-48-50-52-54-56-58-60-66(74)71-63(62-78-70-69(77)68(76)67(75)65(61-72)79-70)64(73)59-57-55-53-51-49-47-45-43-41-39-37-26-24-22-20-18-16-14-12-10-8-6-4-2/h21,23,49,51,57,59,63-65,67-70,72-73,75-77H,3-20,22,24-48,50,52-56,58,60-62H2,1-2H3,(H,71,74)/b23-21-,51-49+,59-57+. The molecular weight excluding hydrogens is 983 g/mol. The molecule has 79 heavy (non-hydrogen) atoms. The molecule has 1 fully saturated rings. The van der Waals surface area contributed by atoms with Crippen LogP contribution in [0.3, 0.4) is 0 Å². The monoisotopic (exact) mass is 1120 g/mol. The Morgan fingerprint density at radius 1 is 0.418 bits per heavy atom. The fraction of sp³-hybridized carbons (Fsp3) is 0.900. The van der Waals surface area contributed by atoms with Crippen molar-refractivity contribution in [1.29, 1.82) is 0 Å². The number of aliphatic hydroxyl groups is 5. The lowest BCUT2D eigenvalue weighted by Gasteiger charge is -2.40. The van der Waals surface area contributed by atoms with Gasteiger partial charge < -0.3 is 40.3 Å². The van der Waals surface area contributed by atoms with Crippen molar-refractivity contribution in [3.8, 4) is 0 Å². The maximum Gasteiger partial charge on any atom is 0.220 e. The van der Waals surface area contributed by atoms with Crippen LogP contribution < -0.4 is 5.32 Å². The Hall–Kier alpha value is -1.59. The smallest absolute Gasteiger partial charge is 0.220 e. The lowest BCUT2D eigenvalue weighted by molar-refractivity contribution is -0.302. The van der Waals surface area contributed by atoms with Gasteiger partial charge in [0.1, 0.15) is 24.4 Å². The first-order chi connectivity index (χ1) is 38.8. The van der Waals surface area contributed by atoms with Crippen molar-refractivity contribution in [3.63, 3.8) is 0 Å². The first-order valence-corrected chi connectivity index (χ1v) is 34.7. The van der Waals surface area contributed by atoms with Gasteiger partial charge in [-0.2, -0.15) is 0 Å². The molecule has 1 saturated heterocycles. The fourth-order valence-corrected chi connectivity index (χ4v) is 11.2. The van der Waals surface area contributed by atoms with Crippen LogP contribution in [0.5, 0.6) is 0 Å². The molecule has 1 amide bonds. The Morgan fingerprint density at radius 3 is 1.06 bits per heavy atom. The molecule has 0 saturated carbocycles. The summed E-state index contributed by atoms with van der Waals surface area (Å²) in [7, 11) is 0. The van der Waals surface area contributed by atoms with Crippen LogP contribution in [0.1, 0.15) is 348 Å². The molecule has 7 unspecified atom stereocenters. The second kappa shape index (κ2) is 59.6. The second-order valence-corrected chi connectivity index (χ2v) is 24.3. The van der Waals surface area contributed by atoms with Crippen LogP contribution in [0.4, 0.5) is 0 Å².